The van der Waals surface area contributed by atoms with Crippen molar-refractivity contribution in [1.29, 1.82) is 0 Å². The molecule has 1 unspecified atom stereocenters. The molecule has 0 radical (unpaired) electrons. The van der Waals surface area contributed by atoms with Gasteiger partial charge in [-0.2, -0.15) is 0 Å². The van der Waals surface area contributed by atoms with Crippen LogP contribution >= 0.6 is 0 Å². The van der Waals surface area contributed by atoms with E-state index in [1.54, 1.807) is 12.1 Å². The summed E-state index contributed by atoms with van der Waals surface area (Å²) < 4.78 is 12.9. The molecule has 3 heteroatoms. The SMILES string of the molecule is OCC(Nc1ccc(F)cc1)c1cccc(C2CC2)c1. The first-order valence-corrected chi connectivity index (χ1v) is 6.99. The number of halogens is 1. The van der Waals surface area contributed by atoms with E-state index in [2.05, 4.69) is 17.4 Å². The fourth-order valence-corrected chi connectivity index (χ4v) is 2.43. The van der Waals surface area contributed by atoms with Crippen molar-refractivity contribution in [3.63, 3.8) is 0 Å². The predicted molar refractivity (Wildman–Crippen MR) is 78.3 cm³/mol. The van der Waals surface area contributed by atoms with E-state index in [0.29, 0.717) is 5.92 Å². The molecule has 1 atom stereocenters. The van der Waals surface area contributed by atoms with Crippen LogP contribution in [0.25, 0.3) is 0 Å². The first kappa shape index (κ1) is 13.1. The Hall–Kier alpha value is -1.87. The molecule has 2 aromatic rings. The lowest BCUT2D eigenvalue weighted by Gasteiger charge is -2.19. The van der Waals surface area contributed by atoms with Crippen molar-refractivity contribution in [1.82, 2.24) is 0 Å². The van der Waals surface area contributed by atoms with Gasteiger partial charge in [-0.1, -0.05) is 24.3 Å². The second-order valence-electron chi connectivity index (χ2n) is 5.33. The molecular weight excluding hydrogens is 253 g/mol. The van der Waals surface area contributed by atoms with E-state index in [4.69, 9.17) is 0 Å². The molecule has 0 aliphatic heterocycles. The van der Waals surface area contributed by atoms with Crippen molar-refractivity contribution in [2.45, 2.75) is 24.8 Å². The third kappa shape index (κ3) is 2.99. The van der Waals surface area contributed by atoms with Crippen molar-refractivity contribution in [3.05, 3.63) is 65.5 Å². The molecule has 0 saturated heterocycles. The number of anilines is 1. The minimum atomic E-state index is -0.258. The summed E-state index contributed by atoms with van der Waals surface area (Å²) in [5.41, 5.74) is 3.23. The van der Waals surface area contributed by atoms with Gasteiger partial charge in [0.1, 0.15) is 5.82 Å². The Morgan fingerprint density at radius 2 is 1.90 bits per heavy atom. The Kier molecular flexibility index (Phi) is 3.70. The molecule has 1 aliphatic carbocycles. The summed E-state index contributed by atoms with van der Waals surface area (Å²) in [5, 5.41) is 12.8. The third-order valence-electron chi connectivity index (χ3n) is 3.73. The van der Waals surface area contributed by atoms with Gasteiger partial charge < -0.3 is 10.4 Å². The summed E-state index contributed by atoms with van der Waals surface area (Å²) in [6.45, 7) is 0.00545. The minimum Gasteiger partial charge on any atom is -0.394 e. The monoisotopic (exact) mass is 271 g/mol. The number of hydrogen-bond donors (Lipinski definition) is 2. The van der Waals surface area contributed by atoms with Crippen LogP contribution < -0.4 is 5.32 Å². The van der Waals surface area contributed by atoms with E-state index >= 15 is 0 Å². The highest BCUT2D eigenvalue weighted by Gasteiger charge is 2.24. The maximum Gasteiger partial charge on any atom is 0.123 e. The van der Waals surface area contributed by atoms with Crippen LogP contribution in [0.3, 0.4) is 0 Å². The average Bonchev–Trinajstić information content (AvgIpc) is 3.31. The van der Waals surface area contributed by atoms with Crippen LogP contribution in [0, 0.1) is 5.82 Å². The largest absolute Gasteiger partial charge is 0.394 e. The molecule has 0 bridgehead atoms. The topological polar surface area (TPSA) is 32.3 Å². The summed E-state index contributed by atoms with van der Waals surface area (Å²) in [5.74, 6) is 0.437. The van der Waals surface area contributed by atoms with E-state index in [-0.39, 0.29) is 18.5 Å². The summed E-state index contributed by atoms with van der Waals surface area (Å²) in [6, 6.07) is 14.4. The zero-order chi connectivity index (χ0) is 13.9. The summed E-state index contributed by atoms with van der Waals surface area (Å²) >= 11 is 0. The van der Waals surface area contributed by atoms with Crippen molar-refractivity contribution in [2.75, 3.05) is 11.9 Å². The smallest absolute Gasteiger partial charge is 0.123 e. The minimum absolute atomic E-state index is 0.00545. The van der Waals surface area contributed by atoms with Gasteiger partial charge in [-0.25, -0.2) is 4.39 Å². The van der Waals surface area contributed by atoms with E-state index in [1.807, 2.05) is 12.1 Å². The Balaban J connectivity index is 1.78. The number of benzene rings is 2. The van der Waals surface area contributed by atoms with E-state index < -0.39 is 0 Å². The van der Waals surface area contributed by atoms with E-state index in [9.17, 15) is 9.50 Å². The molecule has 3 rings (SSSR count). The molecular formula is C17H18FNO. The van der Waals surface area contributed by atoms with Crippen LogP contribution in [0.2, 0.25) is 0 Å². The lowest BCUT2D eigenvalue weighted by atomic mass is 10.0. The fourth-order valence-electron chi connectivity index (χ4n) is 2.43. The summed E-state index contributed by atoms with van der Waals surface area (Å²) in [7, 11) is 0. The number of hydrogen-bond acceptors (Lipinski definition) is 2. The number of nitrogens with one attached hydrogen (secondary N) is 1. The molecule has 2 nitrogen and oxygen atoms in total. The highest BCUT2D eigenvalue weighted by molar-refractivity contribution is 5.46. The van der Waals surface area contributed by atoms with Crippen LogP contribution in [-0.2, 0) is 0 Å². The number of aliphatic hydroxyl groups excluding tert-OH is 1. The molecule has 1 saturated carbocycles. The molecule has 0 heterocycles. The zero-order valence-electron chi connectivity index (χ0n) is 11.2. The summed E-state index contributed by atoms with van der Waals surface area (Å²) in [4.78, 5) is 0. The molecule has 1 fully saturated rings. The average molecular weight is 271 g/mol. The highest BCUT2D eigenvalue weighted by Crippen LogP contribution is 2.40. The maximum absolute atomic E-state index is 12.9. The van der Waals surface area contributed by atoms with Gasteiger partial charge in [-0.15, -0.1) is 0 Å². The quantitative estimate of drug-likeness (QED) is 0.865. The van der Waals surface area contributed by atoms with Gasteiger partial charge in [0.25, 0.3) is 0 Å². The second kappa shape index (κ2) is 5.63. The maximum atomic E-state index is 12.9. The first-order valence-electron chi connectivity index (χ1n) is 6.99. The lowest BCUT2D eigenvalue weighted by Crippen LogP contribution is -2.15. The van der Waals surface area contributed by atoms with Crippen molar-refractivity contribution in [2.24, 2.45) is 0 Å². The van der Waals surface area contributed by atoms with Gasteiger partial charge in [0.05, 0.1) is 12.6 Å². The van der Waals surface area contributed by atoms with Crippen LogP contribution in [0.5, 0.6) is 0 Å². The molecule has 20 heavy (non-hydrogen) atoms. The fraction of sp³-hybridized carbons (Fsp3) is 0.294. The Labute approximate surface area is 118 Å². The van der Waals surface area contributed by atoms with Crippen molar-refractivity contribution in [3.8, 4) is 0 Å². The Morgan fingerprint density at radius 1 is 1.15 bits per heavy atom. The van der Waals surface area contributed by atoms with Gasteiger partial charge in [0.2, 0.25) is 0 Å². The van der Waals surface area contributed by atoms with Crippen molar-refractivity contribution >= 4 is 5.69 Å². The Bertz CT molecular complexity index is 578. The molecule has 104 valence electrons. The number of aliphatic hydroxyl groups is 1. The molecule has 2 aromatic carbocycles. The third-order valence-corrected chi connectivity index (χ3v) is 3.73. The normalized spacial score (nSPS) is 15.9. The van der Waals surface area contributed by atoms with Crippen LogP contribution in [0.1, 0.15) is 35.9 Å². The second-order valence-corrected chi connectivity index (χ2v) is 5.33. The van der Waals surface area contributed by atoms with Gasteiger partial charge in [0.15, 0.2) is 0 Å². The van der Waals surface area contributed by atoms with Crippen LogP contribution in [0.4, 0.5) is 10.1 Å². The van der Waals surface area contributed by atoms with E-state index in [1.165, 1.54) is 30.5 Å². The van der Waals surface area contributed by atoms with E-state index in [0.717, 1.165) is 11.3 Å². The lowest BCUT2D eigenvalue weighted by molar-refractivity contribution is 0.276. The van der Waals surface area contributed by atoms with Gasteiger partial charge in [-0.05, 0) is 54.2 Å². The van der Waals surface area contributed by atoms with Gasteiger partial charge >= 0.3 is 0 Å². The Morgan fingerprint density at radius 3 is 2.55 bits per heavy atom. The van der Waals surface area contributed by atoms with Crippen LogP contribution in [0.15, 0.2) is 48.5 Å². The standard InChI is InChI=1S/C17H18FNO/c18-15-6-8-16(9-7-15)19-17(11-20)14-3-1-2-13(10-14)12-4-5-12/h1-3,6-10,12,17,19-20H,4-5,11H2. The highest BCUT2D eigenvalue weighted by atomic mass is 19.1. The molecule has 0 spiro atoms. The number of rotatable bonds is 5. The van der Waals surface area contributed by atoms with Crippen LogP contribution in [-0.4, -0.2) is 11.7 Å². The predicted octanol–water partition coefficient (Wildman–Crippen LogP) is 3.85. The molecule has 1 aliphatic rings. The van der Waals surface area contributed by atoms with Gasteiger partial charge in [0, 0.05) is 5.69 Å². The van der Waals surface area contributed by atoms with Gasteiger partial charge in [-0.3, -0.25) is 0 Å². The molecule has 0 amide bonds. The van der Waals surface area contributed by atoms with Crippen molar-refractivity contribution < 1.29 is 9.50 Å². The summed E-state index contributed by atoms with van der Waals surface area (Å²) in [6.07, 6.45) is 2.53. The zero-order valence-corrected chi connectivity index (χ0v) is 11.2. The molecule has 0 aromatic heterocycles. The molecule has 2 N–H and O–H groups in total. The first-order chi connectivity index (χ1) is 9.76.